The van der Waals surface area contributed by atoms with E-state index in [1.807, 2.05) is 45.4 Å². The van der Waals surface area contributed by atoms with Crippen molar-refractivity contribution in [1.29, 1.82) is 0 Å². The second-order valence-electron chi connectivity index (χ2n) is 7.52. The van der Waals surface area contributed by atoms with Gasteiger partial charge in [-0.15, -0.1) is 0 Å². The topological polar surface area (TPSA) is 78.4 Å². The molecule has 1 atom stereocenters. The monoisotopic (exact) mass is 350 g/mol. The van der Waals surface area contributed by atoms with Crippen molar-refractivity contribution >= 4 is 17.7 Å². The lowest BCUT2D eigenvalue weighted by molar-refractivity contribution is -0.871. The van der Waals surface area contributed by atoms with Gasteiger partial charge in [0.25, 0.3) is 0 Å². The Morgan fingerprint density at radius 1 is 1.12 bits per heavy atom. The van der Waals surface area contributed by atoms with Crippen LogP contribution in [0, 0.1) is 0 Å². The highest BCUT2D eigenvalue weighted by molar-refractivity contribution is 5.89. The molecule has 140 valence electrons. The molecule has 0 saturated carbocycles. The van der Waals surface area contributed by atoms with Crippen molar-refractivity contribution in [2.75, 3.05) is 33.0 Å². The van der Waals surface area contributed by atoms with Gasteiger partial charge in [0.2, 0.25) is 0 Å². The molecule has 0 radical (unpaired) electrons. The van der Waals surface area contributed by atoms with Crippen molar-refractivity contribution in [2.24, 2.45) is 0 Å². The number of hydrogen-bond acceptors (Lipinski definition) is 2. The van der Waals surface area contributed by atoms with Crippen LogP contribution in [0.5, 0.6) is 0 Å². The summed E-state index contributed by atoms with van der Waals surface area (Å²) in [5, 5.41) is 14.6. The summed E-state index contributed by atoms with van der Waals surface area (Å²) in [6.45, 7) is 2.72. The number of aryl methyl sites for hydroxylation is 1. The number of carboxylic acid groups (broad SMARTS) is 1. The Kier molecular flexibility index (Phi) is 8.41. The maximum atomic E-state index is 12.2. The number of unbranched alkanes of at least 4 members (excludes halogenated alkanes) is 2. The predicted octanol–water partition coefficient (Wildman–Crippen LogP) is 3.09. The maximum Gasteiger partial charge on any atom is 0.319 e. The second-order valence-corrected chi connectivity index (χ2v) is 7.52. The molecule has 1 unspecified atom stereocenters. The van der Waals surface area contributed by atoms with Gasteiger partial charge in [-0.2, -0.15) is 0 Å². The highest BCUT2D eigenvalue weighted by atomic mass is 16.4. The molecule has 0 aliphatic rings. The molecule has 0 aliphatic carbocycles. The van der Waals surface area contributed by atoms with E-state index in [0.29, 0.717) is 16.7 Å². The average molecular weight is 350 g/mol. The van der Waals surface area contributed by atoms with E-state index in [1.165, 1.54) is 24.8 Å². The molecule has 6 nitrogen and oxygen atoms in total. The van der Waals surface area contributed by atoms with Gasteiger partial charge >= 0.3 is 12.0 Å². The number of nitrogens with one attached hydrogen (secondary N) is 2. The van der Waals surface area contributed by atoms with Crippen LogP contribution in [-0.4, -0.2) is 55.3 Å². The minimum atomic E-state index is -0.921. The van der Waals surface area contributed by atoms with Crippen LogP contribution in [0.1, 0.15) is 38.2 Å². The molecule has 0 saturated heterocycles. The summed E-state index contributed by atoms with van der Waals surface area (Å²) in [7, 11) is 5.89. The van der Waals surface area contributed by atoms with Crippen LogP contribution in [0.25, 0.3) is 0 Å². The van der Waals surface area contributed by atoms with Gasteiger partial charge in [0.15, 0.2) is 0 Å². The number of anilines is 1. The number of aliphatic carboxylic acids is 1. The highest BCUT2D eigenvalue weighted by Gasteiger charge is 2.22. The second kappa shape index (κ2) is 10.0. The quantitative estimate of drug-likeness (QED) is 0.448. The molecule has 25 heavy (non-hydrogen) atoms. The third-order valence-electron chi connectivity index (χ3n) is 3.81. The van der Waals surface area contributed by atoms with Gasteiger partial charge in [0.05, 0.1) is 40.2 Å². The van der Waals surface area contributed by atoms with Gasteiger partial charge in [-0.1, -0.05) is 31.9 Å². The van der Waals surface area contributed by atoms with Gasteiger partial charge in [-0.3, -0.25) is 4.79 Å². The number of nitrogens with zero attached hydrogens (tertiary/aromatic N) is 1. The van der Waals surface area contributed by atoms with Gasteiger partial charge in [0, 0.05) is 5.69 Å². The number of carboxylic acids is 1. The lowest BCUT2D eigenvalue weighted by Crippen LogP contribution is -2.50. The fraction of sp³-hybridized carbons (Fsp3) is 0.579. The number of carbonyl (C=O) groups is 2. The third-order valence-corrected chi connectivity index (χ3v) is 3.81. The molecule has 2 amide bonds. The van der Waals surface area contributed by atoms with Gasteiger partial charge in [-0.05, 0) is 30.5 Å². The molecule has 1 aromatic rings. The number of quaternary nitrogens is 1. The minimum Gasteiger partial charge on any atom is -0.481 e. The largest absolute Gasteiger partial charge is 0.481 e. The van der Waals surface area contributed by atoms with Crippen LogP contribution in [0.15, 0.2) is 24.3 Å². The zero-order chi connectivity index (χ0) is 18.9. The van der Waals surface area contributed by atoms with Gasteiger partial charge < -0.3 is 20.2 Å². The molecule has 0 fully saturated rings. The standard InChI is InChI=1S/C19H31N3O3/c1-5-6-7-8-15-9-11-16(12-10-15)20-19(25)21-17(13-18(23)24)14-22(2,3)4/h9-12,17H,5-8,13-14H2,1-4H3,(H2-,20,21,23,24,25)/p+1. The summed E-state index contributed by atoms with van der Waals surface area (Å²) in [6.07, 6.45) is 4.54. The third kappa shape index (κ3) is 9.72. The van der Waals surface area contributed by atoms with Gasteiger partial charge in [0.1, 0.15) is 0 Å². The number of benzene rings is 1. The van der Waals surface area contributed by atoms with E-state index in [2.05, 4.69) is 17.6 Å². The maximum absolute atomic E-state index is 12.2. The molecule has 3 N–H and O–H groups in total. The Morgan fingerprint density at radius 2 is 1.76 bits per heavy atom. The van der Waals surface area contributed by atoms with Crippen LogP contribution >= 0.6 is 0 Å². The Balaban J connectivity index is 2.56. The van der Waals surface area contributed by atoms with Crippen LogP contribution in [0.3, 0.4) is 0 Å². The number of carbonyl (C=O) groups excluding carboxylic acids is 1. The zero-order valence-corrected chi connectivity index (χ0v) is 15.8. The van der Waals surface area contributed by atoms with Crippen molar-refractivity contribution < 1.29 is 19.2 Å². The van der Waals surface area contributed by atoms with Crippen molar-refractivity contribution in [3.63, 3.8) is 0 Å². The van der Waals surface area contributed by atoms with E-state index < -0.39 is 12.0 Å². The van der Waals surface area contributed by atoms with Crippen LogP contribution in [0.2, 0.25) is 0 Å². The van der Waals surface area contributed by atoms with E-state index in [9.17, 15) is 9.59 Å². The molecule has 0 bridgehead atoms. The molecular weight excluding hydrogens is 318 g/mol. The zero-order valence-electron chi connectivity index (χ0n) is 15.8. The van der Waals surface area contributed by atoms with Crippen molar-refractivity contribution in [3.8, 4) is 0 Å². The Bertz CT molecular complexity index is 550. The predicted molar refractivity (Wildman–Crippen MR) is 101 cm³/mol. The average Bonchev–Trinajstić information content (AvgIpc) is 2.46. The first-order chi connectivity index (χ1) is 11.7. The van der Waals surface area contributed by atoms with Gasteiger partial charge in [-0.25, -0.2) is 4.79 Å². The van der Waals surface area contributed by atoms with Crippen molar-refractivity contribution in [2.45, 2.75) is 45.1 Å². The lowest BCUT2D eigenvalue weighted by atomic mass is 10.1. The Morgan fingerprint density at radius 3 is 2.28 bits per heavy atom. The van der Waals surface area contributed by atoms with E-state index in [0.717, 1.165) is 6.42 Å². The van der Waals surface area contributed by atoms with E-state index in [4.69, 9.17) is 5.11 Å². The van der Waals surface area contributed by atoms with Crippen LogP contribution < -0.4 is 10.6 Å². The summed E-state index contributed by atoms with van der Waals surface area (Å²) in [4.78, 5) is 23.2. The SMILES string of the molecule is CCCCCc1ccc(NC(=O)NC(CC(=O)O)C[N+](C)(C)C)cc1. The molecule has 1 aromatic carbocycles. The molecule has 0 aromatic heterocycles. The van der Waals surface area contributed by atoms with E-state index in [-0.39, 0.29) is 12.5 Å². The smallest absolute Gasteiger partial charge is 0.319 e. The first kappa shape index (κ1) is 21.0. The summed E-state index contributed by atoms with van der Waals surface area (Å²) < 4.78 is 0.574. The van der Waals surface area contributed by atoms with Crippen LogP contribution in [-0.2, 0) is 11.2 Å². The Hall–Kier alpha value is -2.08. The first-order valence-electron chi connectivity index (χ1n) is 8.88. The summed E-state index contributed by atoms with van der Waals surface area (Å²) in [5.74, 6) is -0.921. The summed E-state index contributed by atoms with van der Waals surface area (Å²) >= 11 is 0. The normalized spacial score (nSPS) is 12.5. The van der Waals surface area contributed by atoms with E-state index >= 15 is 0 Å². The van der Waals surface area contributed by atoms with Crippen LogP contribution in [0.4, 0.5) is 10.5 Å². The number of likely N-dealkylation sites (N-methyl/N-ethyl adjacent to an activating group) is 1. The molecule has 6 heteroatoms. The molecule has 0 heterocycles. The fourth-order valence-electron chi connectivity index (χ4n) is 2.72. The number of amides is 2. The first-order valence-corrected chi connectivity index (χ1v) is 8.88. The number of urea groups is 1. The number of rotatable bonds is 10. The summed E-state index contributed by atoms with van der Waals surface area (Å²) in [6, 6.07) is 7.00. The lowest BCUT2D eigenvalue weighted by Gasteiger charge is -2.29. The molecule has 0 spiro atoms. The molecule has 0 aliphatic heterocycles. The molecule has 1 rings (SSSR count). The summed E-state index contributed by atoms with van der Waals surface area (Å²) in [5.41, 5.74) is 1.96. The molecular formula is C19H32N3O3+. The number of hydrogen-bond donors (Lipinski definition) is 3. The fourth-order valence-corrected chi connectivity index (χ4v) is 2.72. The minimum absolute atomic E-state index is 0.0979. The van der Waals surface area contributed by atoms with Crippen molar-refractivity contribution in [1.82, 2.24) is 5.32 Å². The Labute approximate surface area is 150 Å². The van der Waals surface area contributed by atoms with Crippen molar-refractivity contribution in [3.05, 3.63) is 29.8 Å². The van der Waals surface area contributed by atoms with E-state index in [1.54, 1.807) is 0 Å². The highest BCUT2D eigenvalue weighted by Crippen LogP contribution is 2.12.